The first kappa shape index (κ1) is 23.3. The van der Waals surface area contributed by atoms with Gasteiger partial charge in [0.1, 0.15) is 0 Å². The van der Waals surface area contributed by atoms with E-state index in [1.807, 2.05) is 6.92 Å². The Balaban J connectivity index is 0.00000338. The monoisotopic (exact) mass is 481 g/mol. The number of piperidine rings is 1. The second-order valence-corrected chi connectivity index (χ2v) is 6.98. The Bertz CT molecular complexity index is 420. The van der Waals surface area contributed by atoms with E-state index in [2.05, 4.69) is 15.2 Å². The lowest BCUT2D eigenvalue weighted by atomic mass is 10.1. The molecule has 152 valence electrons. The van der Waals surface area contributed by atoms with Gasteiger partial charge in [-0.25, -0.2) is 4.79 Å². The molecule has 0 saturated carbocycles. The second-order valence-electron chi connectivity index (χ2n) is 6.98. The summed E-state index contributed by atoms with van der Waals surface area (Å²) in [6, 6.07) is 0.292. The second kappa shape index (κ2) is 13.4. The summed E-state index contributed by atoms with van der Waals surface area (Å²) in [4.78, 5) is 20.5. The number of nitrogens with zero attached hydrogens (tertiary/aromatic N) is 3. The summed E-state index contributed by atoms with van der Waals surface area (Å²) >= 11 is 0. The van der Waals surface area contributed by atoms with E-state index in [1.165, 1.54) is 38.8 Å². The topological polar surface area (TPSA) is 83.2 Å². The van der Waals surface area contributed by atoms with Gasteiger partial charge in [0.15, 0.2) is 5.96 Å². The molecule has 0 aromatic heterocycles. The lowest BCUT2D eigenvalue weighted by Gasteiger charge is -2.31. The van der Waals surface area contributed by atoms with E-state index < -0.39 is 0 Å². The van der Waals surface area contributed by atoms with Gasteiger partial charge in [0.25, 0.3) is 0 Å². The predicted octanol–water partition coefficient (Wildman–Crippen LogP) is 2.40. The van der Waals surface area contributed by atoms with Crippen LogP contribution in [0.5, 0.6) is 0 Å². The van der Waals surface area contributed by atoms with Crippen LogP contribution in [0.2, 0.25) is 0 Å². The summed E-state index contributed by atoms with van der Waals surface area (Å²) in [5.74, 6) is 0.533. The molecule has 1 amide bonds. The van der Waals surface area contributed by atoms with E-state index in [0.717, 1.165) is 32.4 Å². The van der Waals surface area contributed by atoms with Gasteiger partial charge in [-0.15, -0.1) is 24.0 Å². The Kier molecular flexibility index (Phi) is 12.0. The van der Waals surface area contributed by atoms with Crippen LogP contribution in [0.3, 0.4) is 0 Å². The molecule has 2 aliphatic heterocycles. The number of nitrogens with two attached hydrogens (primary N) is 1. The van der Waals surface area contributed by atoms with E-state index in [9.17, 15) is 4.79 Å². The van der Waals surface area contributed by atoms with Crippen molar-refractivity contribution in [3.63, 3.8) is 0 Å². The van der Waals surface area contributed by atoms with Crippen LogP contribution in [-0.4, -0.2) is 73.8 Å². The normalized spacial score (nSPS) is 20.2. The maximum Gasteiger partial charge on any atom is 0.409 e. The molecule has 0 aliphatic carbocycles. The smallest absolute Gasteiger partial charge is 0.409 e. The Morgan fingerprint density at radius 1 is 1.15 bits per heavy atom. The van der Waals surface area contributed by atoms with E-state index in [1.54, 1.807) is 4.90 Å². The van der Waals surface area contributed by atoms with E-state index in [-0.39, 0.29) is 30.1 Å². The van der Waals surface area contributed by atoms with Gasteiger partial charge in [-0.3, -0.25) is 4.99 Å². The molecular weight excluding hydrogens is 445 g/mol. The highest BCUT2D eigenvalue weighted by atomic mass is 127. The predicted molar refractivity (Wildman–Crippen MR) is 116 cm³/mol. The number of aliphatic imine (C=N–C) groups is 1. The number of guanidine groups is 1. The van der Waals surface area contributed by atoms with Crippen LogP contribution >= 0.6 is 24.0 Å². The number of hydrogen-bond donors (Lipinski definition) is 2. The van der Waals surface area contributed by atoms with Crippen LogP contribution in [-0.2, 0) is 4.74 Å². The average Bonchev–Trinajstić information content (AvgIpc) is 2.88. The molecule has 7 nitrogen and oxygen atoms in total. The van der Waals surface area contributed by atoms with Crippen molar-refractivity contribution in [2.24, 2.45) is 10.7 Å². The van der Waals surface area contributed by atoms with Crippen LogP contribution in [0.4, 0.5) is 4.79 Å². The van der Waals surface area contributed by atoms with Crippen LogP contribution in [0.25, 0.3) is 0 Å². The molecular formula is C18H36IN5O2. The van der Waals surface area contributed by atoms with Crippen molar-refractivity contribution < 1.29 is 9.53 Å². The number of carbonyl (C=O) groups excluding carboxylic acids is 1. The molecule has 2 aliphatic rings. The molecule has 0 spiro atoms. The van der Waals surface area contributed by atoms with Crippen molar-refractivity contribution in [2.75, 3.05) is 45.9 Å². The van der Waals surface area contributed by atoms with Crippen molar-refractivity contribution in [3.8, 4) is 0 Å². The Labute approximate surface area is 175 Å². The standard InChI is InChI=1S/C18H35N5O2.HI/c1-2-25-18(24)23-14-8-16(9-15-23)21-17(19)20-10-7-13-22-11-5-3-4-6-12-22;/h16H,2-15H2,1H3,(H3,19,20,21);1H. The van der Waals surface area contributed by atoms with Gasteiger partial charge in [0.05, 0.1) is 6.61 Å². The molecule has 2 saturated heterocycles. The fourth-order valence-corrected chi connectivity index (χ4v) is 3.53. The molecule has 0 bridgehead atoms. The minimum Gasteiger partial charge on any atom is -0.450 e. The van der Waals surface area contributed by atoms with Crippen LogP contribution in [0.15, 0.2) is 4.99 Å². The Morgan fingerprint density at radius 3 is 2.42 bits per heavy atom. The molecule has 0 aromatic rings. The first-order chi connectivity index (χ1) is 12.2. The molecule has 0 aromatic carbocycles. The lowest BCUT2D eigenvalue weighted by Crippen LogP contribution is -2.48. The molecule has 0 unspecified atom stereocenters. The SMILES string of the molecule is CCOC(=O)N1CCC(NC(N)=NCCCN2CCCCCC2)CC1.I. The van der Waals surface area contributed by atoms with Crippen molar-refractivity contribution in [1.82, 2.24) is 15.1 Å². The minimum atomic E-state index is -0.212. The summed E-state index contributed by atoms with van der Waals surface area (Å²) in [5.41, 5.74) is 6.01. The maximum absolute atomic E-state index is 11.7. The van der Waals surface area contributed by atoms with E-state index >= 15 is 0 Å². The molecule has 0 radical (unpaired) electrons. The van der Waals surface area contributed by atoms with Crippen LogP contribution in [0, 0.1) is 0 Å². The summed E-state index contributed by atoms with van der Waals surface area (Å²) in [6.07, 6.45) is 8.02. The molecule has 3 N–H and O–H groups in total. The number of rotatable bonds is 6. The van der Waals surface area contributed by atoms with Gasteiger partial charge in [0, 0.05) is 25.7 Å². The number of hydrogen-bond acceptors (Lipinski definition) is 4. The van der Waals surface area contributed by atoms with Crippen molar-refractivity contribution in [1.29, 1.82) is 0 Å². The third kappa shape index (κ3) is 8.75. The summed E-state index contributed by atoms with van der Waals surface area (Å²) in [5, 5.41) is 3.29. The highest BCUT2D eigenvalue weighted by Crippen LogP contribution is 2.11. The van der Waals surface area contributed by atoms with Crippen LogP contribution < -0.4 is 11.1 Å². The molecule has 2 rings (SSSR count). The van der Waals surface area contributed by atoms with Crippen molar-refractivity contribution in [3.05, 3.63) is 0 Å². The summed E-state index contributed by atoms with van der Waals surface area (Å²) in [7, 11) is 0. The fourth-order valence-electron chi connectivity index (χ4n) is 3.53. The maximum atomic E-state index is 11.7. The third-order valence-corrected chi connectivity index (χ3v) is 4.99. The largest absolute Gasteiger partial charge is 0.450 e. The number of carbonyl (C=O) groups is 1. The number of amides is 1. The zero-order chi connectivity index (χ0) is 17.9. The van der Waals surface area contributed by atoms with Gasteiger partial charge in [0.2, 0.25) is 0 Å². The minimum absolute atomic E-state index is 0. The van der Waals surface area contributed by atoms with E-state index in [4.69, 9.17) is 10.5 Å². The first-order valence-electron chi connectivity index (χ1n) is 9.89. The van der Waals surface area contributed by atoms with E-state index in [0.29, 0.717) is 31.7 Å². The molecule has 0 atom stereocenters. The quantitative estimate of drug-likeness (QED) is 0.264. The molecule has 2 heterocycles. The summed E-state index contributed by atoms with van der Waals surface area (Å²) < 4.78 is 5.04. The number of nitrogens with one attached hydrogen (secondary N) is 1. The fraction of sp³-hybridized carbons (Fsp3) is 0.889. The molecule has 2 fully saturated rings. The summed E-state index contributed by atoms with van der Waals surface area (Å²) in [6.45, 7) is 8.03. The Hall–Kier alpha value is -0.770. The van der Waals surface area contributed by atoms with Gasteiger partial charge in [-0.05, 0) is 58.7 Å². The highest BCUT2D eigenvalue weighted by molar-refractivity contribution is 14.0. The number of ether oxygens (including phenoxy) is 1. The lowest BCUT2D eigenvalue weighted by molar-refractivity contribution is 0.0963. The number of likely N-dealkylation sites (tertiary alicyclic amines) is 2. The Morgan fingerprint density at radius 2 is 1.81 bits per heavy atom. The first-order valence-corrected chi connectivity index (χ1v) is 9.89. The van der Waals surface area contributed by atoms with Gasteiger partial charge < -0.3 is 25.6 Å². The van der Waals surface area contributed by atoms with Crippen molar-refractivity contribution in [2.45, 2.75) is 57.9 Å². The zero-order valence-corrected chi connectivity index (χ0v) is 18.5. The van der Waals surface area contributed by atoms with Crippen molar-refractivity contribution >= 4 is 36.0 Å². The third-order valence-electron chi connectivity index (χ3n) is 4.99. The van der Waals surface area contributed by atoms with Gasteiger partial charge in [-0.1, -0.05) is 12.8 Å². The number of halogens is 1. The highest BCUT2D eigenvalue weighted by Gasteiger charge is 2.23. The van der Waals surface area contributed by atoms with Gasteiger partial charge in [-0.2, -0.15) is 0 Å². The zero-order valence-electron chi connectivity index (χ0n) is 16.1. The van der Waals surface area contributed by atoms with Gasteiger partial charge >= 0.3 is 6.09 Å². The molecule has 26 heavy (non-hydrogen) atoms. The molecule has 8 heteroatoms. The average molecular weight is 481 g/mol. The van der Waals surface area contributed by atoms with Crippen LogP contribution in [0.1, 0.15) is 51.9 Å².